The van der Waals surface area contributed by atoms with Crippen LogP contribution in [0.2, 0.25) is 0 Å². The van der Waals surface area contributed by atoms with Crippen LogP contribution >= 0.6 is 0 Å². The SMILES string of the molecule is Cc1nc2c([nH]1)CN(C1CCC(C)(C)C1)CC2. The van der Waals surface area contributed by atoms with Crippen molar-refractivity contribution in [2.24, 2.45) is 5.41 Å². The summed E-state index contributed by atoms with van der Waals surface area (Å²) in [6.45, 7) is 9.14. The number of H-pyrrole nitrogens is 1. The highest BCUT2D eigenvalue weighted by Gasteiger charge is 2.35. The molecule has 0 aromatic carbocycles. The van der Waals surface area contributed by atoms with Gasteiger partial charge in [0.05, 0.1) is 11.4 Å². The third kappa shape index (κ3) is 2.13. The second-order valence-corrected chi connectivity index (χ2v) is 6.53. The smallest absolute Gasteiger partial charge is 0.103 e. The summed E-state index contributed by atoms with van der Waals surface area (Å²) in [7, 11) is 0. The minimum Gasteiger partial charge on any atom is -0.345 e. The molecule has 0 radical (unpaired) electrons. The zero-order valence-electron chi connectivity index (χ0n) is 11.2. The Bertz CT molecular complexity index is 419. The lowest BCUT2D eigenvalue weighted by molar-refractivity contribution is 0.167. The molecule has 0 spiro atoms. The average Bonchev–Trinajstić information content (AvgIpc) is 2.78. The van der Waals surface area contributed by atoms with E-state index in [0.29, 0.717) is 5.41 Å². The summed E-state index contributed by atoms with van der Waals surface area (Å²) in [6.07, 6.45) is 5.23. The van der Waals surface area contributed by atoms with Crippen molar-refractivity contribution in [3.63, 3.8) is 0 Å². The second-order valence-electron chi connectivity index (χ2n) is 6.53. The van der Waals surface area contributed by atoms with Gasteiger partial charge in [0.25, 0.3) is 0 Å². The van der Waals surface area contributed by atoms with E-state index in [1.807, 2.05) is 0 Å². The number of aryl methyl sites for hydroxylation is 1. The third-order valence-electron chi connectivity index (χ3n) is 4.44. The van der Waals surface area contributed by atoms with Gasteiger partial charge in [-0.15, -0.1) is 0 Å². The summed E-state index contributed by atoms with van der Waals surface area (Å²) < 4.78 is 0. The Labute approximate surface area is 104 Å². The molecule has 1 fully saturated rings. The van der Waals surface area contributed by atoms with Gasteiger partial charge in [0.2, 0.25) is 0 Å². The molecule has 3 nitrogen and oxygen atoms in total. The van der Waals surface area contributed by atoms with Crippen LogP contribution in [0.4, 0.5) is 0 Å². The number of hydrogen-bond donors (Lipinski definition) is 1. The summed E-state index contributed by atoms with van der Waals surface area (Å²) >= 11 is 0. The Morgan fingerprint density at radius 3 is 2.94 bits per heavy atom. The lowest BCUT2D eigenvalue weighted by Gasteiger charge is -2.32. The topological polar surface area (TPSA) is 31.9 Å². The third-order valence-corrected chi connectivity index (χ3v) is 4.44. The number of aromatic amines is 1. The van der Waals surface area contributed by atoms with Gasteiger partial charge >= 0.3 is 0 Å². The molecular weight excluding hydrogens is 210 g/mol. The van der Waals surface area contributed by atoms with Crippen molar-refractivity contribution in [2.45, 2.75) is 59.0 Å². The minimum absolute atomic E-state index is 0.550. The van der Waals surface area contributed by atoms with E-state index in [1.165, 1.54) is 37.2 Å². The number of rotatable bonds is 1. The van der Waals surface area contributed by atoms with Gasteiger partial charge in [-0.2, -0.15) is 0 Å². The lowest BCUT2D eigenvalue weighted by atomic mass is 9.91. The number of fused-ring (bicyclic) bond motifs is 1. The highest BCUT2D eigenvalue weighted by atomic mass is 15.2. The van der Waals surface area contributed by atoms with Crippen LogP contribution in [0.5, 0.6) is 0 Å². The van der Waals surface area contributed by atoms with Crippen molar-refractivity contribution >= 4 is 0 Å². The molecule has 1 aromatic heterocycles. The summed E-state index contributed by atoms with van der Waals surface area (Å²) in [5.74, 6) is 1.07. The summed E-state index contributed by atoms with van der Waals surface area (Å²) in [4.78, 5) is 10.6. The summed E-state index contributed by atoms with van der Waals surface area (Å²) in [5, 5.41) is 0. The molecule has 17 heavy (non-hydrogen) atoms. The molecule has 2 aliphatic rings. The number of imidazole rings is 1. The molecule has 1 aliphatic heterocycles. The quantitative estimate of drug-likeness (QED) is 0.808. The van der Waals surface area contributed by atoms with Crippen molar-refractivity contribution in [1.82, 2.24) is 14.9 Å². The van der Waals surface area contributed by atoms with Crippen LogP contribution in [0.3, 0.4) is 0 Å². The molecule has 1 N–H and O–H groups in total. The first-order valence-corrected chi connectivity index (χ1v) is 6.82. The van der Waals surface area contributed by atoms with Gasteiger partial charge in [-0.1, -0.05) is 13.8 Å². The van der Waals surface area contributed by atoms with Gasteiger partial charge < -0.3 is 4.98 Å². The first kappa shape index (κ1) is 11.3. The van der Waals surface area contributed by atoms with Gasteiger partial charge in [-0.25, -0.2) is 4.98 Å². The molecule has 0 bridgehead atoms. The number of aromatic nitrogens is 2. The Morgan fingerprint density at radius 1 is 1.41 bits per heavy atom. The Hall–Kier alpha value is -0.830. The molecule has 1 aliphatic carbocycles. The van der Waals surface area contributed by atoms with E-state index in [0.717, 1.165) is 24.8 Å². The van der Waals surface area contributed by atoms with Crippen LogP contribution in [0.15, 0.2) is 0 Å². The van der Waals surface area contributed by atoms with E-state index in [2.05, 4.69) is 35.6 Å². The van der Waals surface area contributed by atoms with Gasteiger partial charge in [-0.3, -0.25) is 4.90 Å². The molecule has 94 valence electrons. The lowest BCUT2D eigenvalue weighted by Crippen LogP contribution is -2.38. The molecule has 3 rings (SSSR count). The van der Waals surface area contributed by atoms with Crippen molar-refractivity contribution < 1.29 is 0 Å². The Balaban J connectivity index is 1.72. The van der Waals surface area contributed by atoms with Crippen LogP contribution in [-0.4, -0.2) is 27.5 Å². The van der Waals surface area contributed by atoms with Crippen molar-refractivity contribution in [1.29, 1.82) is 0 Å². The van der Waals surface area contributed by atoms with Gasteiger partial charge in [-0.05, 0) is 31.6 Å². The maximum Gasteiger partial charge on any atom is 0.103 e. The fourth-order valence-corrected chi connectivity index (χ4v) is 3.48. The zero-order chi connectivity index (χ0) is 12.0. The monoisotopic (exact) mass is 233 g/mol. The molecule has 2 heterocycles. The summed E-state index contributed by atoms with van der Waals surface area (Å²) in [5.41, 5.74) is 3.21. The van der Waals surface area contributed by atoms with E-state index in [1.54, 1.807) is 0 Å². The molecular formula is C14H23N3. The van der Waals surface area contributed by atoms with E-state index in [4.69, 9.17) is 0 Å². The standard InChI is InChI=1S/C14H23N3/c1-10-15-12-5-7-17(9-13(12)16-10)11-4-6-14(2,3)8-11/h11H,4-9H2,1-3H3,(H,15,16). The van der Waals surface area contributed by atoms with Crippen molar-refractivity contribution in [3.8, 4) is 0 Å². The van der Waals surface area contributed by atoms with E-state index < -0.39 is 0 Å². The maximum absolute atomic E-state index is 4.56. The van der Waals surface area contributed by atoms with Crippen molar-refractivity contribution in [2.75, 3.05) is 6.54 Å². The van der Waals surface area contributed by atoms with Crippen LogP contribution < -0.4 is 0 Å². The predicted octanol–water partition coefficient (Wildman–Crippen LogP) is 2.65. The Kier molecular flexibility index (Phi) is 2.54. The number of nitrogens with zero attached hydrogens (tertiary/aromatic N) is 2. The number of hydrogen-bond acceptors (Lipinski definition) is 2. The summed E-state index contributed by atoms with van der Waals surface area (Å²) in [6, 6.07) is 0.793. The first-order valence-electron chi connectivity index (χ1n) is 6.82. The van der Waals surface area contributed by atoms with Crippen LogP contribution in [0, 0.1) is 12.3 Å². The average molecular weight is 233 g/mol. The normalized spacial score (nSPS) is 28.3. The maximum atomic E-state index is 4.56. The van der Waals surface area contributed by atoms with Gasteiger partial charge in [0, 0.05) is 25.6 Å². The molecule has 3 heteroatoms. The zero-order valence-corrected chi connectivity index (χ0v) is 11.2. The van der Waals surface area contributed by atoms with E-state index in [9.17, 15) is 0 Å². The van der Waals surface area contributed by atoms with E-state index >= 15 is 0 Å². The second kappa shape index (κ2) is 3.84. The molecule has 0 saturated heterocycles. The van der Waals surface area contributed by atoms with E-state index in [-0.39, 0.29) is 0 Å². The molecule has 1 saturated carbocycles. The molecule has 1 atom stereocenters. The molecule has 1 aromatic rings. The van der Waals surface area contributed by atoms with Crippen LogP contribution in [0.25, 0.3) is 0 Å². The highest BCUT2D eigenvalue weighted by Crippen LogP contribution is 2.40. The fourth-order valence-electron chi connectivity index (χ4n) is 3.48. The largest absolute Gasteiger partial charge is 0.345 e. The Morgan fingerprint density at radius 2 is 2.24 bits per heavy atom. The predicted molar refractivity (Wildman–Crippen MR) is 68.9 cm³/mol. The van der Waals surface area contributed by atoms with Gasteiger partial charge in [0.15, 0.2) is 0 Å². The van der Waals surface area contributed by atoms with Crippen LogP contribution in [0.1, 0.15) is 50.3 Å². The number of nitrogens with one attached hydrogen (secondary N) is 1. The highest BCUT2D eigenvalue weighted by molar-refractivity contribution is 5.17. The molecule has 1 unspecified atom stereocenters. The van der Waals surface area contributed by atoms with Crippen molar-refractivity contribution in [3.05, 3.63) is 17.2 Å². The van der Waals surface area contributed by atoms with Crippen LogP contribution in [-0.2, 0) is 13.0 Å². The first-order chi connectivity index (χ1) is 8.03. The van der Waals surface area contributed by atoms with Gasteiger partial charge in [0.1, 0.15) is 5.82 Å². The molecule has 0 amide bonds. The minimum atomic E-state index is 0.550. The fraction of sp³-hybridized carbons (Fsp3) is 0.786.